The molecule has 0 saturated carbocycles. The zero-order valence-electron chi connectivity index (χ0n) is 24.4. The van der Waals surface area contributed by atoms with Gasteiger partial charge < -0.3 is 9.64 Å². The molecule has 5 rings (SSSR count). The lowest BCUT2D eigenvalue weighted by atomic mass is 10.0. The molecule has 5 aromatic rings. The van der Waals surface area contributed by atoms with E-state index in [0.29, 0.717) is 22.4 Å². The van der Waals surface area contributed by atoms with Gasteiger partial charge in [0.15, 0.2) is 0 Å². The van der Waals surface area contributed by atoms with Crippen LogP contribution in [0.2, 0.25) is 0 Å². The number of rotatable bonds is 10. The Morgan fingerprint density at radius 2 is 1.52 bits per heavy atom. The second kappa shape index (κ2) is 13.3. The van der Waals surface area contributed by atoms with Crippen molar-refractivity contribution in [2.45, 2.75) is 32.5 Å². The van der Waals surface area contributed by atoms with E-state index < -0.39 is 18.8 Å². The van der Waals surface area contributed by atoms with Gasteiger partial charge in [0.1, 0.15) is 12.4 Å². The van der Waals surface area contributed by atoms with Gasteiger partial charge in [0.2, 0.25) is 5.91 Å². The molecule has 0 aliphatic rings. The first-order chi connectivity index (χ1) is 21.1. The van der Waals surface area contributed by atoms with E-state index in [0.717, 1.165) is 22.3 Å². The van der Waals surface area contributed by atoms with Crippen LogP contribution in [0.5, 0.6) is 0 Å². The van der Waals surface area contributed by atoms with Crippen LogP contribution in [0.4, 0.5) is 13.2 Å². The first-order valence-electron chi connectivity index (χ1n) is 14.3. The third kappa shape index (κ3) is 7.23. The topological polar surface area (TPSA) is 64.4 Å². The van der Waals surface area contributed by atoms with E-state index >= 15 is 0 Å². The van der Waals surface area contributed by atoms with Crippen molar-refractivity contribution in [3.05, 3.63) is 130 Å². The van der Waals surface area contributed by atoms with Crippen LogP contribution in [0.25, 0.3) is 27.7 Å². The molecule has 1 atom stereocenters. The number of amides is 1. The summed E-state index contributed by atoms with van der Waals surface area (Å²) in [6, 6.07) is 30.9. The molecule has 0 fully saturated rings. The molecule has 0 aliphatic carbocycles. The molecule has 1 amide bonds. The van der Waals surface area contributed by atoms with E-state index in [1.807, 2.05) is 73.7 Å². The maximum Gasteiger partial charge on any atom is 0.411 e. The highest BCUT2D eigenvalue weighted by molar-refractivity contribution is 5.80. The molecule has 0 spiro atoms. The number of halogens is 3. The number of aromatic nitrogens is 2. The molecule has 0 radical (unpaired) electrons. The summed E-state index contributed by atoms with van der Waals surface area (Å²) in [5, 5.41) is 0.411. The fourth-order valence-corrected chi connectivity index (χ4v) is 5.12. The number of para-hydroxylation sites is 1. The minimum Gasteiger partial charge on any atom is -0.370 e. The van der Waals surface area contributed by atoms with E-state index in [4.69, 9.17) is 9.72 Å². The fraction of sp³-hybridized carbons (Fsp3) is 0.229. The molecule has 0 aliphatic heterocycles. The van der Waals surface area contributed by atoms with E-state index in [1.54, 1.807) is 43.3 Å². The molecule has 1 unspecified atom stereocenters. The van der Waals surface area contributed by atoms with Crippen LogP contribution >= 0.6 is 0 Å². The van der Waals surface area contributed by atoms with E-state index in [1.165, 1.54) is 9.47 Å². The van der Waals surface area contributed by atoms with Gasteiger partial charge in [-0.2, -0.15) is 13.2 Å². The second-order valence-corrected chi connectivity index (χ2v) is 10.6. The van der Waals surface area contributed by atoms with Crippen LogP contribution in [-0.4, -0.2) is 46.3 Å². The van der Waals surface area contributed by atoms with E-state index in [-0.39, 0.29) is 31.0 Å². The number of fused-ring (bicyclic) bond motifs is 1. The quantitative estimate of drug-likeness (QED) is 0.161. The average Bonchev–Trinajstić information content (AvgIpc) is 3.01. The Kier molecular flexibility index (Phi) is 9.25. The largest absolute Gasteiger partial charge is 0.411 e. The standard InChI is InChI=1S/C35H32F3N3O3/c1-24-12-18-29(19-13-24)41-33(39-31-11-7-6-10-30(31)34(41)43)25(2)40(20-21-44-23-35(36,37)38)32(42)22-26-14-16-28(17-15-26)27-8-4-3-5-9-27/h3-19,25H,20-23H2,1-2H3. The smallest absolute Gasteiger partial charge is 0.370 e. The number of alkyl halides is 3. The summed E-state index contributed by atoms with van der Waals surface area (Å²) in [4.78, 5) is 33.9. The summed E-state index contributed by atoms with van der Waals surface area (Å²) in [7, 11) is 0. The van der Waals surface area contributed by atoms with Gasteiger partial charge >= 0.3 is 6.18 Å². The van der Waals surface area contributed by atoms with Crippen molar-refractivity contribution >= 4 is 16.8 Å². The van der Waals surface area contributed by atoms with Crippen LogP contribution in [-0.2, 0) is 16.0 Å². The number of benzene rings is 4. The average molecular weight is 600 g/mol. The van der Waals surface area contributed by atoms with Gasteiger partial charge in [-0.05, 0) is 54.8 Å². The first kappa shape index (κ1) is 30.7. The molecule has 0 saturated heterocycles. The molecular weight excluding hydrogens is 567 g/mol. The summed E-state index contributed by atoms with van der Waals surface area (Å²) in [6.07, 6.45) is -4.49. The lowest BCUT2D eigenvalue weighted by Crippen LogP contribution is -2.40. The summed E-state index contributed by atoms with van der Waals surface area (Å²) in [5.41, 5.74) is 4.50. The Labute approximate surface area is 253 Å². The van der Waals surface area contributed by atoms with Gasteiger partial charge in [-0.3, -0.25) is 14.2 Å². The molecule has 4 aromatic carbocycles. The Bertz CT molecular complexity index is 1790. The van der Waals surface area contributed by atoms with Crippen molar-refractivity contribution in [1.29, 1.82) is 0 Å². The summed E-state index contributed by atoms with van der Waals surface area (Å²) >= 11 is 0. The third-order valence-electron chi connectivity index (χ3n) is 7.41. The van der Waals surface area contributed by atoms with Crippen LogP contribution in [0.1, 0.15) is 29.9 Å². The molecule has 9 heteroatoms. The molecule has 44 heavy (non-hydrogen) atoms. The Balaban J connectivity index is 1.50. The number of carbonyl (C=O) groups excluding carboxylic acids is 1. The number of aryl methyl sites for hydroxylation is 1. The highest BCUT2D eigenvalue weighted by atomic mass is 19.4. The number of nitrogens with zero attached hydrogens (tertiary/aromatic N) is 3. The molecule has 1 heterocycles. The highest BCUT2D eigenvalue weighted by Crippen LogP contribution is 2.25. The van der Waals surface area contributed by atoms with Gasteiger partial charge in [-0.25, -0.2) is 4.98 Å². The van der Waals surface area contributed by atoms with Crippen molar-refractivity contribution in [1.82, 2.24) is 14.5 Å². The van der Waals surface area contributed by atoms with Gasteiger partial charge in [-0.1, -0.05) is 84.4 Å². The molecular formula is C35H32F3N3O3. The van der Waals surface area contributed by atoms with Crippen molar-refractivity contribution in [3.8, 4) is 16.8 Å². The van der Waals surface area contributed by atoms with Gasteiger partial charge in [-0.15, -0.1) is 0 Å². The molecule has 226 valence electrons. The maximum absolute atomic E-state index is 13.8. The predicted molar refractivity (Wildman–Crippen MR) is 165 cm³/mol. The maximum atomic E-state index is 13.8. The van der Waals surface area contributed by atoms with Gasteiger partial charge in [0.25, 0.3) is 5.56 Å². The normalized spacial score (nSPS) is 12.3. The van der Waals surface area contributed by atoms with Gasteiger partial charge in [0, 0.05) is 6.54 Å². The lowest BCUT2D eigenvalue weighted by Gasteiger charge is -2.31. The number of ether oxygens (including phenoxy) is 1. The Morgan fingerprint density at radius 1 is 0.886 bits per heavy atom. The zero-order chi connectivity index (χ0) is 31.3. The van der Waals surface area contributed by atoms with Crippen LogP contribution in [0, 0.1) is 6.92 Å². The molecule has 6 nitrogen and oxygen atoms in total. The fourth-order valence-electron chi connectivity index (χ4n) is 5.12. The summed E-state index contributed by atoms with van der Waals surface area (Å²) < 4.78 is 44.8. The van der Waals surface area contributed by atoms with E-state index in [2.05, 4.69) is 0 Å². The number of hydrogen-bond acceptors (Lipinski definition) is 4. The SMILES string of the molecule is Cc1ccc(-n2c(C(C)N(CCOCC(F)(F)F)C(=O)Cc3ccc(-c4ccccc4)cc3)nc3ccccc3c2=O)cc1. The van der Waals surface area contributed by atoms with Crippen LogP contribution < -0.4 is 5.56 Å². The predicted octanol–water partition coefficient (Wildman–Crippen LogP) is 7.07. The Hall–Kier alpha value is -4.76. The number of hydrogen-bond donors (Lipinski definition) is 0. The molecule has 0 bridgehead atoms. The summed E-state index contributed by atoms with van der Waals surface area (Å²) in [5.74, 6) is -0.0421. The van der Waals surface area contributed by atoms with Crippen LogP contribution in [0.15, 0.2) is 108 Å². The third-order valence-corrected chi connectivity index (χ3v) is 7.41. The minimum absolute atomic E-state index is 0.00102. The zero-order valence-corrected chi connectivity index (χ0v) is 24.4. The van der Waals surface area contributed by atoms with Crippen molar-refractivity contribution < 1.29 is 22.7 Å². The van der Waals surface area contributed by atoms with Crippen molar-refractivity contribution in [3.63, 3.8) is 0 Å². The highest BCUT2D eigenvalue weighted by Gasteiger charge is 2.29. The van der Waals surface area contributed by atoms with Crippen molar-refractivity contribution in [2.75, 3.05) is 19.8 Å². The summed E-state index contributed by atoms with van der Waals surface area (Å²) in [6.45, 7) is 1.76. The first-order valence-corrected chi connectivity index (χ1v) is 14.3. The molecule has 1 aromatic heterocycles. The molecule has 0 N–H and O–H groups in total. The second-order valence-electron chi connectivity index (χ2n) is 10.6. The number of carbonyl (C=O) groups is 1. The van der Waals surface area contributed by atoms with Crippen molar-refractivity contribution in [2.24, 2.45) is 0 Å². The minimum atomic E-state index is -4.49. The van der Waals surface area contributed by atoms with Crippen LogP contribution in [0.3, 0.4) is 0 Å². The Morgan fingerprint density at radius 3 is 2.20 bits per heavy atom. The van der Waals surface area contributed by atoms with E-state index in [9.17, 15) is 22.8 Å². The monoisotopic (exact) mass is 599 g/mol. The lowest BCUT2D eigenvalue weighted by molar-refractivity contribution is -0.175. The van der Waals surface area contributed by atoms with Gasteiger partial charge in [0.05, 0.1) is 35.7 Å².